The van der Waals surface area contributed by atoms with Crippen molar-refractivity contribution in [3.8, 4) is 5.75 Å². The molecule has 0 unspecified atom stereocenters. The third-order valence-corrected chi connectivity index (χ3v) is 5.24. The highest BCUT2D eigenvalue weighted by molar-refractivity contribution is 8.04. The van der Waals surface area contributed by atoms with E-state index in [0.717, 1.165) is 12.2 Å². The molecule has 0 aliphatic carbocycles. The first-order valence-electron chi connectivity index (χ1n) is 8.81. The van der Waals surface area contributed by atoms with Gasteiger partial charge < -0.3 is 4.74 Å². The van der Waals surface area contributed by atoms with Gasteiger partial charge in [0.05, 0.1) is 22.8 Å². The molecule has 0 saturated carbocycles. The van der Waals surface area contributed by atoms with Gasteiger partial charge in [-0.3, -0.25) is 9.59 Å². The molecule has 2 aromatic rings. The lowest BCUT2D eigenvalue weighted by atomic mass is 10.1. The van der Waals surface area contributed by atoms with Crippen molar-refractivity contribution in [2.24, 2.45) is 0 Å². The van der Waals surface area contributed by atoms with E-state index in [1.807, 2.05) is 38.1 Å². The Bertz CT molecular complexity index is 875. The van der Waals surface area contributed by atoms with Crippen LogP contribution in [0.25, 0.3) is 5.57 Å². The maximum atomic E-state index is 13.1. The average Bonchev–Trinajstić information content (AvgIpc) is 2.92. The predicted molar refractivity (Wildman–Crippen MR) is 111 cm³/mol. The zero-order valence-corrected chi connectivity index (χ0v) is 16.8. The first-order valence-corrected chi connectivity index (χ1v) is 10.2. The second-order valence-electron chi connectivity index (χ2n) is 5.93. The Morgan fingerprint density at radius 2 is 1.63 bits per heavy atom. The number of benzene rings is 2. The molecule has 6 heteroatoms. The number of hydrogen-bond acceptors (Lipinski definition) is 4. The molecule has 0 atom stereocenters. The molecule has 0 aromatic heterocycles. The van der Waals surface area contributed by atoms with Gasteiger partial charge >= 0.3 is 0 Å². The quantitative estimate of drug-likeness (QED) is 0.600. The fourth-order valence-electron chi connectivity index (χ4n) is 2.80. The van der Waals surface area contributed by atoms with E-state index in [1.165, 1.54) is 16.7 Å². The molecule has 140 valence electrons. The van der Waals surface area contributed by atoms with E-state index in [2.05, 4.69) is 0 Å². The molecule has 2 aromatic carbocycles. The highest BCUT2D eigenvalue weighted by Gasteiger charge is 2.39. The van der Waals surface area contributed by atoms with Crippen LogP contribution in [-0.2, 0) is 9.59 Å². The van der Waals surface area contributed by atoms with Crippen molar-refractivity contribution in [3.63, 3.8) is 0 Å². The number of carbonyl (C=O) groups excluding carboxylic acids is 2. The molecule has 27 heavy (non-hydrogen) atoms. The minimum Gasteiger partial charge on any atom is -0.494 e. The second kappa shape index (κ2) is 8.63. The molecule has 0 fully saturated rings. The summed E-state index contributed by atoms with van der Waals surface area (Å²) < 4.78 is 5.60. The van der Waals surface area contributed by atoms with Gasteiger partial charge in [-0.2, -0.15) is 0 Å². The number of hydrogen-bond donors (Lipinski definition) is 0. The summed E-state index contributed by atoms with van der Waals surface area (Å²) in [4.78, 5) is 27.8. The summed E-state index contributed by atoms with van der Waals surface area (Å²) in [5, 5.41) is 0.553. The summed E-state index contributed by atoms with van der Waals surface area (Å²) in [6.07, 6.45) is 0.924. The molecule has 0 radical (unpaired) electrons. The minimum absolute atomic E-state index is 0.296. The Labute approximate surface area is 168 Å². The first-order chi connectivity index (χ1) is 13.1. The van der Waals surface area contributed by atoms with Crippen molar-refractivity contribution in [3.05, 3.63) is 64.0 Å². The molecule has 0 saturated heterocycles. The van der Waals surface area contributed by atoms with Gasteiger partial charge in [0.25, 0.3) is 11.8 Å². The number of ether oxygens (including phenoxy) is 1. The first kappa shape index (κ1) is 19.5. The highest BCUT2D eigenvalue weighted by Crippen LogP contribution is 2.38. The summed E-state index contributed by atoms with van der Waals surface area (Å²) in [7, 11) is 0. The van der Waals surface area contributed by atoms with E-state index in [1.54, 1.807) is 24.3 Å². The smallest absolute Gasteiger partial charge is 0.272 e. The third kappa shape index (κ3) is 4.04. The van der Waals surface area contributed by atoms with E-state index >= 15 is 0 Å². The van der Waals surface area contributed by atoms with Crippen LogP contribution in [-0.4, -0.2) is 24.2 Å². The lowest BCUT2D eigenvalue weighted by Crippen LogP contribution is -2.31. The van der Waals surface area contributed by atoms with E-state index in [9.17, 15) is 9.59 Å². The van der Waals surface area contributed by atoms with Crippen molar-refractivity contribution >= 4 is 46.4 Å². The zero-order chi connectivity index (χ0) is 19.4. The number of rotatable bonds is 7. The summed E-state index contributed by atoms with van der Waals surface area (Å²) in [6.45, 7) is 4.64. The van der Waals surface area contributed by atoms with Crippen LogP contribution in [0.15, 0.2) is 53.4 Å². The summed E-state index contributed by atoms with van der Waals surface area (Å²) >= 11 is 7.31. The van der Waals surface area contributed by atoms with Gasteiger partial charge in [-0.05, 0) is 54.1 Å². The number of anilines is 1. The number of halogens is 1. The van der Waals surface area contributed by atoms with E-state index in [0.29, 0.717) is 39.1 Å². The van der Waals surface area contributed by atoms with Crippen LogP contribution in [0.5, 0.6) is 5.75 Å². The lowest BCUT2D eigenvalue weighted by molar-refractivity contribution is -0.119. The van der Waals surface area contributed by atoms with Gasteiger partial charge in [-0.25, -0.2) is 4.90 Å². The molecular weight excluding hydrogens is 382 g/mol. The Hall–Kier alpha value is -2.24. The number of amides is 2. The van der Waals surface area contributed by atoms with Crippen molar-refractivity contribution in [2.75, 3.05) is 17.3 Å². The van der Waals surface area contributed by atoms with Crippen LogP contribution in [0, 0.1) is 0 Å². The van der Waals surface area contributed by atoms with Gasteiger partial charge in [0.15, 0.2) is 0 Å². The van der Waals surface area contributed by atoms with Crippen LogP contribution in [0.3, 0.4) is 0 Å². The minimum atomic E-state index is -0.319. The fourth-order valence-corrected chi connectivity index (χ4v) is 3.78. The van der Waals surface area contributed by atoms with Crippen molar-refractivity contribution < 1.29 is 14.3 Å². The Morgan fingerprint density at radius 3 is 2.22 bits per heavy atom. The molecular formula is C21H20ClNO3S. The molecule has 0 spiro atoms. The number of carbonyl (C=O) groups is 2. The number of imide groups is 1. The van der Waals surface area contributed by atoms with Crippen molar-refractivity contribution in [1.82, 2.24) is 0 Å². The van der Waals surface area contributed by atoms with Gasteiger partial charge in [0, 0.05) is 5.02 Å². The topological polar surface area (TPSA) is 46.6 Å². The monoisotopic (exact) mass is 401 g/mol. The number of thioether (sulfide) groups is 1. The maximum absolute atomic E-state index is 13.1. The van der Waals surface area contributed by atoms with Gasteiger partial charge in [-0.15, -0.1) is 11.8 Å². The summed E-state index contributed by atoms with van der Waals surface area (Å²) in [5.41, 5.74) is 1.66. The molecule has 3 rings (SSSR count). The molecule has 0 bridgehead atoms. The third-order valence-electron chi connectivity index (χ3n) is 4.03. The van der Waals surface area contributed by atoms with Crippen LogP contribution in [0.1, 0.15) is 25.8 Å². The molecule has 0 N–H and O–H groups in total. The standard InChI is InChI=1S/C21H20ClNO3S/c1-3-13-26-17-11-5-14(6-12-17)18-19(27-4-2)21(25)23(20(18)24)16-9-7-15(22)8-10-16/h5-12H,3-4,13H2,1-2H3. The highest BCUT2D eigenvalue weighted by atomic mass is 35.5. The Kier molecular flexibility index (Phi) is 6.24. The van der Waals surface area contributed by atoms with Gasteiger partial charge in [-0.1, -0.05) is 37.6 Å². The lowest BCUT2D eigenvalue weighted by Gasteiger charge is -2.15. The molecule has 4 nitrogen and oxygen atoms in total. The largest absolute Gasteiger partial charge is 0.494 e. The van der Waals surface area contributed by atoms with Crippen LogP contribution < -0.4 is 9.64 Å². The Balaban J connectivity index is 1.97. The second-order valence-corrected chi connectivity index (χ2v) is 7.64. The number of nitrogens with zero attached hydrogens (tertiary/aromatic N) is 1. The van der Waals surface area contributed by atoms with Gasteiger partial charge in [0.2, 0.25) is 0 Å². The van der Waals surface area contributed by atoms with E-state index in [-0.39, 0.29) is 11.8 Å². The predicted octanol–water partition coefficient (Wildman–Crippen LogP) is 5.17. The normalized spacial score (nSPS) is 14.3. The molecule has 2 amide bonds. The van der Waals surface area contributed by atoms with Gasteiger partial charge in [0.1, 0.15) is 5.75 Å². The van der Waals surface area contributed by atoms with Crippen molar-refractivity contribution in [2.45, 2.75) is 20.3 Å². The Morgan fingerprint density at radius 1 is 0.963 bits per heavy atom. The van der Waals surface area contributed by atoms with Crippen LogP contribution in [0.2, 0.25) is 5.02 Å². The van der Waals surface area contributed by atoms with Crippen molar-refractivity contribution in [1.29, 1.82) is 0 Å². The maximum Gasteiger partial charge on any atom is 0.272 e. The summed E-state index contributed by atoms with van der Waals surface area (Å²) in [5.74, 6) is 0.831. The SMILES string of the molecule is CCCOc1ccc(C2=C(SCC)C(=O)N(c3ccc(Cl)cc3)C2=O)cc1. The molecule has 1 aliphatic heterocycles. The average molecular weight is 402 g/mol. The van der Waals surface area contributed by atoms with E-state index in [4.69, 9.17) is 16.3 Å². The zero-order valence-electron chi connectivity index (χ0n) is 15.2. The van der Waals surface area contributed by atoms with Crippen LogP contribution in [0.4, 0.5) is 5.69 Å². The van der Waals surface area contributed by atoms with E-state index < -0.39 is 0 Å². The summed E-state index contributed by atoms with van der Waals surface area (Å²) in [6, 6.07) is 14.0. The molecule has 1 heterocycles. The molecule has 1 aliphatic rings. The fraction of sp³-hybridized carbons (Fsp3) is 0.238. The van der Waals surface area contributed by atoms with Crippen LogP contribution >= 0.6 is 23.4 Å².